The molecule has 2 atom stereocenters. The Bertz CT molecular complexity index is 1000. The number of likely N-dealkylation sites (tertiary alicyclic amines) is 1. The van der Waals surface area contributed by atoms with Crippen LogP contribution in [0, 0.1) is 5.92 Å². The van der Waals surface area contributed by atoms with Gasteiger partial charge in [-0.25, -0.2) is 8.42 Å². The minimum atomic E-state index is -3.49. The van der Waals surface area contributed by atoms with E-state index in [4.69, 9.17) is 0 Å². The molecule has 1 aliphatic rings. The molecule has 148 valence electrons. The van der Waals surface area contributed by atoms with Crippen LogP contribution < -0.4 is 5.32 Å². The third-order valence-corrected chi connectivity index (χ3v) is 6.76. The number of rotatable bonds is 5. The van der Waals surface area contributed by atoms with Gasteiger partial charge in [-0.2, -0.15) is 0 Å². The number of hydrogen-bond acceptors (Lipinski definition) is 5. The number of carbonyl (C=O) groups excluding carboxylic acids is 2. The molecule has 2 N–H and O–H groups in total. The Morgan fingerprint density at radius 2 is 1.89 bits per heavy atom. The van der Waals surface area contributed by atoms with Crippen LogP contribution in [0.3, 0.4) is 0 Å². The van der Waals surface area contributed by atoms with Gasteiger partial charge in [-0.05, 0) is 23.8 Å². The Balaban J connectivity index is 1.90. The lowest BCUT2D eigenvalue weighted by molar-refractivity contribution is -0.127. The number of nitrogens with one attached hydrogen (secondary N) is 1. The molecule has 0 saturated carbocycles. The molecule has 8 heteroatoms. The maximum atomic E-state index is 12.9. The first-order chi connectivity index (χ1) is 13.2. The zero-order valence-corrected chi connectivity index (χ0v) is 16.4. The molecule has 0 radical (unpaired) electrons. The number of nitrogens with zero attached hydrogens (tertiary/aromatic N) is 1. The minimum absolute atomic E-state index is 0.00772. The van der Waals surface area contributed by atoms with Crippen LogP contribution in [0.25, 0.3) is 0 Å². The number of amides is 2. The first-order valence-electron chi connectivity index (χ1n) is 8.92. The molecule has 1 heterocycles. The van der Waals surface area contributed by atoms with Crippen molar-refractivity contribution in [3.8, 4) is 5.75 Å². The number of phenolic OH excluding ortho intramolecular Hbond substituents is 1. The summed E-state index contributed by atoms with van der Waals surface area (Å²) in [5, 5.41) is 12.7. The second kappa shape index (κ2) is 7.63. The Kier molecular flexibility index (Phi) is 5.42. The van der Waals surface area contributed by atoms with E-state index in [0.29, 0.717) is 0 Å². The van der Waals surface area contributed by atoms with Gasteiger partial charge < -0.3 is 15.3 Å². The summed E-state index contributed by atoms with van der Waals surface area (Å²) in [6, 6.07) is 12.6. The average molecular weight is 402 g/mol. The number of hydrogen-bond donors (Lipinski definition) is 2. The molecular formula is C20H22N2O5S. The Morgan fingerprint density at radius 3 is 2.54 bits per heavy atom. The van der Waals surface area contributed by atoms with Gasteiger partial charge in [-0.15, -0.1) is 0 Å². The van der Waals surface area contributed by atoms with E-state index < -0.39 is 27.7 Å². The number of anilines is 1. The van der Waals surface area contributed by atoms with Gasteiger partial charge in [0.05, 0.1) is 28.3 Å². The molecular weight excluding hydrogens is 380 g/mol. The van der Waals surface area contributed by atoms with E-state index in [1.54, 1.807) is 7.05 Å². The summed E-state index contributed by atoms with van der Waals surface area (Å²) in [6.07, 6.45) is 0.0373. The van der Waals surface area contributed by atoms with Crippen molar-refractivity contribution in [1.82, 2.24) is 4.90 Å². The predicted octanol–water partition coefficient (Wildman–Crippen LogP) is 2.34. The summed E-state index contributed by atoms with van der Waals surface area (Å²) in [5.74, 6) is -1.60. The molecule has 0 aliphatic carbocycles. The Hall–Kier alpha value is -2.87. The van der Waals surface area contributed by atoms with Gasteiger partial charge in [0.1, 0.15) is 5.75 Å². The van der Waals surface area contributed by atoms with E-state index in [-0.39, 0.29) is 34.4 Å². The standard InChI is InChI=1S/C20H22N2O5S/c1-3-28(26,27)14-9-10-17(23)16(11-14)21-20(25)15-12-18(24)22(2)19(15)13-7-5-4-6-8-13/h4-11,15,19,23H,3,12H2,1-2H3,(H,21,25)/t15-,19+/m0/s1. The van der Waals surface area contributed by atoms with E-state index in [2.05, 4.69) is 5.32 Å². The molecule has 0 unspecified atom stereocenters. The first-order valence-corrected chi connectivity index (χ1v) is 10.6. The van der Waals surface area contributed by atoms with Crippen molar-refractivity contribution >= 4 is 27.3 Å². The van der Waals surface area contributed by atoms with Gasteiger partial charge in [-0.1, -0.05) is 37.3 Å². The molecule has 2 aromatic carbocycles. The molecule has 1 aliphatic heterocycles. The number of carbonyl (C=O) groups is 2. The van der Waals surface area contributed by atoms with E-state index >= 15 is 0 Å². The first kappa shape index (κ1) is 19.9. The zero-order chi connectivity index (χ0) is 20.5. The zero-order valence-electron chi connectivity index (χ0n) is 15.6. The summed E-state index contributed by atoms with van der Waals surface area (Å²) in [7, 11) is -1.84. The predicted molar refractivity (Wildman–Crippen MR) is 105 cm³/mol. The van der Waals surface area contributed by atoms with Crippen LogP contribution >= 0.6 is 0 Å². The fourth-order valence-electron chi connectivity index (χ4n) is 3.41. The third-order valence-electron chi connectivity index (χ3n) is 5.03. The van der Waals surface area contributed by atoms with Gasteiger partial charge in [0, 0.05) is 13.5 Å². The van der Waals surface area contributed by atoms with Crippen molar-refractivity contribution in [3.63, 3.8) is 0 Å². The van der Waals surface area contributed by atoms with Crippen LogP contribution in [0.2, 0.25) is 0 Å². The average Bonchev–Trinajstić information content (AvgIpc) is 2.99. The lowest BCUT2D eigenvalue weighted by atomic mass is 9.93. The van der Waals surface area contributed by atoms with Crippen molar-refractivity contribution in [2.24, 2.45) is 5.92 Å². The topological polar surface area (TPSA) is 104 Å². The quantitative estimate of drug-likeness (QED) is 0.747. The molecule has 7 nitrogen and oxygen atoms in total. The van der Waals surface area contributed by atoms with E-state index in [1.165, 1.54) is 30.0 Å². The van der Waals surface area contributed by atoms with Gasteiger partial charge >= 0.3 is 0 Å². The molecule has 3 rings (SSSR count). The summed E-state index contributed by atoms with van der Waals surface area (Å²) in [6.45, 7) is 1.52. The van der Waals surface area contributed by atoms with Crippen molar-refractivity contribution in [1.29, 1.82) is 0 Å². The summed E-state index contributed by atoms with van der Waals surface area (Å²) in [4.78, 5) is 26.7. The van der Waals surface area contributed by atoms with Crippen LogP contribution in [-0.4, -0.2) is 43.0 Å². The number of benzene rings is 2. The van der Waals surface area contributed by atoms with Crippen LogP contribution in [0.4, 0.5) is 5.69 Å². The second-order valence-electron chi connectivity index (χ2n) is 6.74. The summed E-state index contributed by atoms with van der Waals surface area (Å²) < 4.78 is 24.2. The monoisotopic (exact) mass is 402 g/mol. The minimum Gasteiger partial charge on any atom is -0.506 e. The largest absolute Gasteiger partial charge is 0.506 e. The number of sulfone groups is 1. The van der Waals surface area contributed by atoms with Crippen LogP contribution in [-0.2, 0) is 19.4 Å². The molecule has 2 amide bonds. The molecule has 1 fully saturated rings. The van der Waals surface area contributed by atoms with E-state index in [1.807, 2.05) is 30.3 Å². The van der Waals surface area contributed by atoms with Crippen molar-refractivity contribution in [2.45, 2.75) is 24.3 Å². The smallest absolute Gasteiger partial charge is 0.230 e. The molecule has 0 bridgehead atoms. The van der Waals surface area contributed by atoms with Crippen LogP contribution in [0.5, 0.6) is 5.75 Å². The molecule has 0 spiro atoms. The lowest BCUT2D eigenvalue weighted by Gasteiger charge is -2.25. The van der Waals surface area contributed by atoms with Crippen molar-refractivity contribution < 1.29 is 23.1 Å². The van der Waals surface area contributed by atoms with Crippen LogP contribution in [0.1, 0.15) is 24.9 Å². The normalized spacial score (nSPS) is 19.6. The molecule has 2 aromatic rings. The van der Waals surface area contributed by atoms with E-state index in [9.17, 15) is 23.1 Å². The Morgan fingerprint density at radius 1 is 1.21 bits per heavy atom. The van der Waals surface area contributed by atoms with Gasteiger partial charge in [-0.3, -0.25) is 9.59 Å². The summed E-state index contributed by atoms with van der Waals surface area (Å²) in [5.41, 5.74) is 0.843. The van der Waals surface area contributed by atoms with Gasteiger partial charge in [0.25, 0.3) is 0 Å². The lowest BCUT2D eigenvalue weighted by Crippen LogP contribution is -2.30. The number of phenols is 1. The second-order valence-corrected chi connectivity index (χ2v) is 9.02. The molecule has 0 aromatic heterocycles. The highest BCUT2D eigenvalue weighted by Crippen LogP contribution is 2.38. The summed E-state index contributed by atoms with van der Waals surface area (Å²) >= 11 is 0. The van der Waals surface area contributed by atoms with Crippen molar-refractivity contribution in [2.75, 3.05) is 18.1 Å². The van der Waals surface area contributed by atoms with Gasteiger partial charge in [0.15, 0.2) is 9.84 Å². The molecule has 28 heavy (non-hydrogen) atoms. The fraction of sp³-hybridized carbons (Fsp3) is 0.300. The fourth-order valence-corrected chi connectivity index (χ4v) is 4.32. The Labute approximate surface area is 163 Å². The van der Waals surface area contributed by atoms with E-state index in [0.717, 1.165) is 5.56 Å². The third kappa shape index (κ3) is 3.73. The van der Waals surface area contributed by atoms with Gasteiger partial charge in [0.2, 0.25) is 11.8 Å². The highest BCUT2D eigenvalue weighted by molar-refractivity contribution is 7.91. The molecule has 1 saturated heterocycles. The number of aromatic hydroxyl groups is 1. The highest BCUT2D eigenvalue weighted by atomic mass is 32.2. The highest BCUT2D eigenvalue weighted by Gasteiger charge is 2.42. The van der Waals surface area contributed by atoms with Crippen LogP contribution in [0.15, 0.2) is 53.4 Å². The maximum absolute atomic E-state index is 12.9. The SMILES string of the molecule is CCS(=O)(=O)c1ccc(O)c(NC(=O)[C@H]2CC(=O)N(C)[C@@H]2c2ccccc2)c1. The maximum Gasteiger partial charge on any atom is 0.230 e. The van der Waals surface area contributed by atoms with Crippen molar-refractivity contribution in [3.05, 3.63) is 54.1 Å².